The predicted molar refractivity (Wildman–Crippen MR) is 102 cm³/mol. The maximum atomic E-state index is 9.35. The van der Waals surface area contributed by atoms with Crippen molar-refractivity contribution in [3.63, 3.8) is 0 Å². The third-order valence-electron chi connectivity index (χ3n) is 3.53. The molecular weight excluding hydrogens is 334 g/mol. The van der Waals surface area contributed by atoms with Crippen LogP contribution in [-0.2, 0) is 5.41 Å². The van der Waals surface area contributed by atoms with E-state index in [-0.39, 0.29) is 4.58 Å². The molecule has 0 saturated heterocycles. The topological polar surface area (TPSA) is 71.4 Å². The molecule has 0 aliphatic heterocycles. The van der Waals surface area contributed by atoms with Gasteiger partial charge in [-0.2, -0.15) is 15.8 Å². The Bertz CT molecular complexity index is 670. The monoisotopic (exact) mass is 357 g/mol. The molecule has 0 spiro atoms. The highest BCUT2D eigenvalue weighted by Crippen LogP contribution is 2.50. The lowest BCUT2D eigenvalue weighted by Crippen LogP contribution is -2.18. The summed E-state index contributed by atoms with van der Waals surface area (Å²) in [6.07, 6.45) is 0. The lowest BCUT2D eigenvalue weighted by atomic mass is 9.86. The Morgan fingerprint density at radius 1 is 0.750 bits per heavy atom. The lowest BCUT2D eigenvalue weighted by Gasteiger charge is -2.28. The SMILES string of the molecule is CC(C)(C#N)SC(SC(C)(C)C#N)c1ccc(C(C)(C)C#N)cc1. The predicted octanol–water partition coefficient (Wildman–Crippen LogP) is 5.56. The fourth-order valence-corrected chi connectivity index (χ4v) is 5.27. The summed E-state index contributed by atoms with van der Waals surface area (Å²) in [5.74, 6) is 0. The molecule has 24 heavy (non-hydrogen) atoms. The van der Waals surface area contributed by atoms with E-state index in [2.05, 4.69) is 18.2 Å². The summed E-state index contributed by atoms with van der Waals surface area (Å²) in [6.45, 7) is 11.3. The van der Waals surface area contributed by atoms with Crippen LogP contribution in [0.2, 0.25) is 0 Å². The zero-order valence-electron chi connectivity index (χ0n) is 15.0. The summed E-state index contributed by atoms with van der Waals surface area (Å²) in [6, 6.07) is 14.9. The Balaban J connectivity index is 3.19. The van der Waals surface area contributed by atoms with E-state index in [1.165, 1.54) is 0 Å². The van der Waals surface area contributed by atoms with Crippen LogP contribution in [0.1, 0.15) is 57.3 Å². The Morgan fingerprint density at radius 3 is 1.50 bits per heavy atom. The molecule has 1 aromatic carbocycles. The van der Waals surface area contributed by atoms with Crippen LogP contribution in [-0.4, -0.2) is 9.49 Å². The van der Waals surface area contributed by atoms with E-state index in [9.17, 15) is 15.8 Å². The van der Waals surface area contributed by atoms with E-state index >= 15 is 0 Å². The van der Waals surface area contributed by atoms with Gasteiger partial charge in [0.15, 0.2) is 0 Å². The van der Waals surface area contributed by atoms with Crippen molar-refractivity contribution in [3.05, 3.63) is 35.4 Å². The number of hydrogen-bond acceptors (Lipinski definition) is 5. The molecule has 0 amide bonds. The molecule has 0 atom stereocenters. The van der Waals surface area contributed by atoms with Gasteiger partial charge in [0.2, 0.25) is 0 Å². The number of rotatable bonds is 6. The van der Waals surface area contributed by atoms with Gasteiger partial charge in [-0.25, -0.2) is 0 Å². The molecule has 0 bridgehead atoms. The van der Waals surface area contributed by atoms with Crippen LogP contribution >= 0.6 is 23.5 Å². The summed E-state index contributed by atoms with van der Waals surface area (Å²) in [5, 5.41) is 28.0. The van der Waals surface area contributed by atoms with Crippen LogP contribution in [0.4, 0.5) is 0 Å². The van der Waals surface area contributed by atoms with Crippen molar-refractivity contribution in [2.45, 2.75) is 61.0 Å². The van der Waals surface area contributed by atoms with Crippen LogP contribution in [0, 0.1) is 34.0 Å². The van der Waals surface area contributed by atoms with Gasteiger partial charge in [0.05, 0.1) is 37.7 Å². The standard InChI is InChI=1S/C19H23N3S2/c1-17(2,11-20)15-9-7-14(8-10-15)16(23-18(3,4)12-21)24-19(5,6)13-22/h7-10,16H,1-6H3. The number of benzene rings is 1. The van der Waals surface area contributed by atoms with Crippen molar-refractivity contribution in [1.82, 2.24) is 0 Å². The molecule has 0 fully saturated rings. The van der Waals surface area contributed by atoms with Gasteiger partial charge in [-0.1, -0.05) is 24.3 Å². The third kappa shape index (κ3) is 5.48. The second kappa shape index (κ2) is 7.52. The van der Waals surface area contributed by atoms with Crippen molar-refractivity contribution >= 4 is 23.5 Å². The summed E-state index contributed by atoms with van der Waals surface area (Å²) >= 11 is 3.09. The zero-order chi connectivity index (χ0) is 18.6. The van der Waals surface area contributed by atoms with Gasteiger partial charge in [0.1, 0.15) is 0 Å². The molecule has 5 heteroatoms. The first-order valence-corrected chi connectivity index (χ1v) is 9.42. The summed E-state index contributed by atoms with van der Waals surface area (Å²) in [4.78, 5) is 0. The first-order valence-electron chi connectivity index (χ1n) is 7.66. The molecule has 0 N–H and O–H groups in total. The number of hydrogen-bond donors (Lipinski definition) is 0. The molecule has 0 radical (unpaired) electrons. The highest BCUT2D eigenvalue weighted by molar-refractivity contribution is 8.17. The Morgan fingerprint density at radius 2 is 1.17 bits per heavy atom. The third-order valence-corrected chi connectivity index (χ3v) is 6.44. The van der Waals surface area contributed by atoms with Crippen LogP contribution < -0.4 is 0 Å². The molecular formula is C19H23N3S2. The van der Waals surface area contributed by atoms with Gasteiger partial charge in [-0.3, -0.25) is 0 Å². The average molecular weight is 358 g/mol. The van der Waals surface area contributed by atoms with Crippen molar-refractivity contribution < 1.29 is 0 Å². The Labute approximate surface area is 154 Å². The second-order valence-corrected chi connectivity index (χ2v) is 10.9. The van der Waals surface area contributed by atoms with Gasteiger partial charge >= 0.3 is 0 Å². The van der Waals surface area contributed by atoms with E-state index in [1.807, 2.05) is 65.8 Å². The molecule has 0 saturated carbocycles. The van der Waals surface area contributed by atoms with E-state index < -0.39 is 14.9 Å². The minimum Gasteiger partial charge on any atom is -0.197 e. The van der Waals surface area contributed by atoms with Crippen LogP contribution in [0.3, 0.4) is 0 Å². The fourth-order valence-electron chi connectivity index (χ4n) is 1.87. The van der Waals surface area contributed by atoms with E-state index in [1.54, 1.807) is 23.5 Å². The molecule has 0 aliphatic carbocycles. The average Bonchev–Trinajstić information content (AvgIpc) is 2.54. The van der Waals surface area contributed by atoms with E-state index in [0.29, 0.717) is 0 Å². The highest BCUT2D eigenvalue weighted by atomic mass is 32.2. The molecule has 1 rings (SSSR count). The first kappa shape index (κ1) is 20.4. The van der Waals surface area contributed by atoms with Crippen LogP contribution in [0.5, 0.6) is 0 Å². The Hall–Kier alpha value is -1.61. The minimum absolute atomic E-state index is 0.0338. The Kier molecular flexibility index (Phi) is 6.40. The number of thioether (sulfide) groups is 2. The maximum Gasteiger partial charge on any atom is 0.0982 e. The lowest BCUT2D eigenvalue weighted by molar-refractivity contribution is 0.686. The van der Waals surface area contributed by atoms with E-state index in [4.69, 9.17) is 0 Å². The highest BCUT2D eigenvalue weighted by Gasteiger charge is 2.31. The quantitative estimate of drug-likeness (QED) is 0.623. The normalized spacial score (nSPS) is 12.3. The van der Waals surface area contributed by atoms with Crippen molar-refractivity contribution in [1.29, 1.82) is 15.8 Å². The molecule has 0 unspecified atom stereocenters. The molecule has 3 nitrogen and oxygen atoms in total. The fraction of sp³-hybridized carbons (Fsp3) is 0.526. The largest absolute Gasteiger partial charge is 0.197 e. The smallest absolute Gasteiger partial charge is 0.0982 e. The molecule has 1 aromatic rings. The van der Waals surface area contributed by atoms with Gasteiger partial charge in [-0.05, 0) is 52.7 Å². The van der Waals surface area contributed by atoms with Gasteiger partial charge in [-0.15, -0.1) is 23.5 Å². The van der Waals surface area contributed by atoms with Gasteiger partial charge < -0.3 is 0 Å². The van der Waals surface area contributed by atoms with Crippen molar-refractivity contribution in [2.75, 3.05) is 0 Å². The molecule has 0 aromatic heterocycles. The zero-order valence-corrected chi connectivity index (χ0v) is 16.7. The second-order valence-electron chi connectivity index (χ2n) is 7.17. The summed E-state index contributed by atoms with van der Waals surface area (Å²) in [5.41, 5.74) is 1.47. The van der Waals surface area contributed by atoms with Crippen molar-refractivity contribution in [2.24, 2.45) is 0 Å². The maximum absolute atomic E-state index is 9.35. The number of nitrogens with zero attached hydrogens (tertiary/aromatic N) is 3. The van der Waals surface area contributed by atoms with Gasteiger partial charge in [0, 0.05) is 0 Å². The van der Waals surface area contributed by atoms with Crippen molar-refractivity contribution in [3.8, 4) is 18.2 Å². The first-order chi connectivity index (χ1) is 11.0. The molecule has 126 valence electrons. The number of nitriles is 3. The minimum atomic E-state index is -0.548. The summed E-state index contributed by atoms with van der Waals surface area (Å²) in [7, 11) is 0. The van der Waals surface area contributed by atoms with Gasteiger partial charge in [0.25, 0.3) is 0 Å². The van der Waals surface area contributed by atoms with Crippen LogP contribution in [0.25, 0.3) is 0 Å². The molecule has 0 aliphatic rings. The summed E-state index contributed by atoms with van der Waals surface area (Å²) < 4.78 is -1.13. The van der Waals surface area contributed by atoms with E-state index in [0.717, 1.165) is 11.1 Å². The molecule has 0 heterocycles. The van der Waals surface area contributed by atoms with Crippen LogP contribution in [0.15, 0.2) is 24.3 Å².